The van der Waals surface area contributed by atoms with E-state index in [4.69, 9.17) is 20.8 Å². The molecule has 3 aromatic carbocycles. The Hall–Kier alpha value is -5.73. The second-order valence-corrected chi connectivity index (χ2v) is 12.0. The molecule has 0 bridgehead atoms. The maximum atomic E-state index is 16.2. The summed E-state index contributed by atoms with van der Waals surface area (Å²) < 4.78 is 57.9. The van der Waals surface area contributed by atoms with E-state index in [1.165, 1.54) is 37.8 Å². The summed E-state index contributed by atoms with van der Waals surface area (Å²) in [4.78, 5) is 35.1. The largest absolute Gasteiger partial charge is 0.494 e. The molecule has 50 heavy (non-hydrogen) atoms. The van der Waals surface area contributed by atoms with E-state index in [1.54, 1.807) is 24.3 Å². The number of carbonyl (C=O) groups is 2. The van der Waals surface area contributed by atoms with Crippen LogP contribution in [-0.2, 0) is 5.60 Å². The molecule has 0 spiro atoms. The van der Waals surface area contributed by atoms with Gasteiger partial charge in [-0.3, -0.25) is 19.6 Å². The highest BCUT2D eigenvalue weighted by atomic mass is 35.5. The van der Waals surface area contributed by atoms with Crippen LogP contribution in [0.15, 0.2) is 83.7 Å². The lowest BCUT2D eigenvalue weighted by molar-refractivity contribution is 0.0665. The fourth-order valence-electron chi connectivity index (χ4n) is 5.54. The Bertz CT molecular complexity index is 2260. The Morgan fingerprint density at radius 1 is 1.08 bits per heavy atom. The molecule has 0 saturated heterocycles. The van der Waals surface area contributed by atoms with Crippen molar-refractivity contribution in [3.8, 4) is 17.0 Å². The number of nitrogens with zero attached hydrogens (tertiary/aromatic N) is 4. The molecule has 3 heterocycles. The summed E-state index contributed by atoms with van der Waals surface area (Å²) in [6.45, 7) is -0.553. The minimum atomic E-state index is -2.25. The number of nitrogens with one attached hydrogen (secondary N) is 2. The molecule has 15 heteroatoms. The van der Waals surface area contributed by atoms with Crippen molar-refractivity contribution in [1.29, 1.82) is 0 Å². The minimum absolute atomic E-state index is 0.181. The highest BCUT2D eigenvalue weighted by Crippen LogP contribution is 2.38. The number of methoxy groups -OCH3 is 1. The lowest BCUT2D eigenvalue weighted by atomic mass is 9.88. The van der Waals surface area contributed by atoms with Gasteiger partial charge in [-0.05, 0) is 42.7 Å². The zero-order valence-electron chi connectivity index (χ0n) is 26.1. The van der Waals surface area contributed by atoms with E-state index in [0.717, 1.165) is 25.0 Å². The zero-order chi connectivity index (χ0) is 35.2. The van der Waals surface area contributed by atoms with Gasteiger partial charge in [0.1, 0.15) is 40.5 Å². The highest BCUT2D eigenvalue weighted by Gasteiger charge is 2.37. The van der Waals surface area contributed by atoms with Crippen molar-refractivity contribution >= 4 is 40.3 Å². The summed E-state index contributed by atoms with van der Waals surface area (Å²) in [6.07, 6.45) is 6.26. The summed E-state index contributed by atoms with van der Waals surface area (Å²) in [5, 5.41) is 22.1. The number of amides is 2. The van der Waals surface area contributed by atoms with Crippen LogP contribution in [0.5, 0.6) is 5.75 Å². The van der Waals surface area contributed by atoms with Crippen molar-refractivity contribution in [3.05, 3.63) is 124 Å². The molecular formula is C35H26ClF3N6O5. The van der Waals surface area contributed by atoms with Crippen LogP contribution in [0.3, 0.4) is 0 Å². The van der Waals surface area contributed by atoms with E-state index >= 15 is 8.78 Å². The van der Waals surface area contributed by atoms with Crippen molar-refractivity contribution < 1.29 is 37.0 Å². The molecule has 11 nitrogen and oxygen atoms in total. The first-order chi connectivity index (χ1) is 24.0. The van der Waals surface area contributed by atoms with Crippen LogP contribution in [0.25, 0.3) is 22.2 Å². The Morgan fingerprint density at radius 2 is 1.86 bits per heavy atom. The maximum absolute atomic E-state index is 16.2. The standard InChI is InChI=1S/C35H26ClF3N6O5/c1-49-27-12-18(11-19-16-45(21-7-8-21)44-30(19)27)32(46)41-17-35(48,20-5-3-2-4-6-20)28-14-23(33(47)43-34-40-9-10-50-34)29(39)31(42-28)22-13-24(36)26(38)15-25(22)37/h2-6,9-16,21,48H,7-8,17H2,1H3,(H,41,46)(H,40,43,47)/t35-/m1/s1. The molecule has 1 saturated carbocycles. The van der Waals surface area contributed by atoms with Crippen molar-refractivity contribution in [3.63, 3.8) is 0 Å². The molecular weight excluding hydrogens is 677 g/mol. The Morgan fingerprint density at radius 3 is 2.56 bits per heavy atom. The highest BCUT2D eigenvalue weighted by molar-refractivity contribution is 6.31. The number of aliphatic hydroxyl groups is 1. The van der Waals surface area contributed by atoms with E-state index in [2.05, 4.69) is 25.7 Å². The van der Waals surface area contributed by atoms with E-state index in [9.17, 15) is 19.1 Å². The Balaban J connectivity index is 1.32. The SMILES string of the molecule is COc1cc(C(=O)NC[C@@](O)(c2ccccc2)c2cc(C(=O)Nc3ncco3)c(F)c(-c3cc(Cl)c(F)cc3F)n2)cc2cn(C3CC3)nc12. The molecule has 3 N–H and O–H groups in total. The molecule has 1 atom stereocenters. The molecule has 6 aromatic rings. The number of ether oxygens (including phenoxy) is 1. The van der Waals surface area contributed by atoms with Crippen LogP contribution < -0.4 is 15.4 Å². The number of hydrogen-bond donors (Lipinski definition) is 3. The van der Waals surface area contributed by atoms with Crippen LogP contribution in [0.1, 0.15) is 50.9 Å². The average Bonchev–Trinajstić information content (AvgIpc) is 3.67. The van der Waals surface area contributed by atoms with Gasteiger partial charge < -0.3 is 19.6 Å². The summed E-state index contributed by atoms with van der Waals surface area (Å²) in [6, 6.07) is 13.4. The normalized spacial score (nSPS) is 14.0. The van der Waals surface area contributed by atoms with Gasteiger partial charge in [-0.15, -0.1) is 0 Å². The molecule has 1 aliphatic carbocycles. The van der Waals surface area contributed by atoms with Crippen molar-refractivity contribution in [1.82, 2.24) is 25.1 Å². The van der Waals surface area contributed by atoms with Gasteiger partial charge in [0, 0.05) is 28.8 Å². The predicted octanol–water partition coefficient (Wildman–Crippen LogP) is 6.42. The third kappa shape index (κ3) is 6.14. The number of carbonyl (C=O) groups excluding carboxylic acids is 2. The number of hydrogen-bond acceptors (Lipinski definition) is 8. The number of benzene rings is 3. The van der Waals surface area contributed by atoms with Crippen LogP contribution in [0.2, 0.25) is 5.02 Å². The number of pyridine rings is 1. The van der Waals surface area contributed by atoms with E-state index in [1.807, 2.05) is 10.9 Å². The first-order valence-electron chi connectivity index (χ1n) is 15.3. The summed E-state index contributed by atoms with van der Waals surface area (Å²) in [5.41, 5.74) is -3.70. The number of oxazole rings is 1. The van der Waals surface area contributed by atoms with Gasteiger partial charge in [-0.25, -0.2) is 23.1 Å². The van der Waals surface area contributed by atoms with Gasteiger partial charge in [0.05, 0.1) is 42.2 Å². The lowest BCUT2D eigenvalue weighted by Gasteiger charge is -2.29. The number of anilines is 1. The fourth-order valence-corrected chi connectivity index (χ4v) is 5.70. The summed E-state index contributed by atoms with van der Waals surface area (Å²) >= 11 is 5.93. The number of fused-ring (bicyclic) bond motifs is 1. The smallest absolute Gasteiger partial charge is 0.301 e. The van der Waals surface area contributed by atoms with Gasteiger partial charge in [-0.2, -0.15) is 5.10 Å². The van der Waals surface area contributed by atoms with Gasteiger partial charge in [0.2, 0.25) is 0 Å². The van der Waals surface area contributed by atoms with E-state index in [0.29, 0.717) is 28.8 Å². The van der Waals surface area contributed by atoms with E-state index < -0.39 is 63.3 Å². The molecule has 2 amide bonds. The van der Waals surface area contributed by atoms with Crippen LogP contribution in [0, 0.1) is 17.5 Å². The molecule has 1 fully saturated rings. The van der Waals surface area contributed by atoms with Gasteiger partial charge in [-0.1, -0.05) is 41.9 Å². The molecule has 0 aliphatic heterocycles. The predicted molar refractivity (Wildman–Crippen MR) is 175 cm³/mol. The number of rotatable bonds is 10. The second-order valence-electron chi connectivity index (χ2n) is 11.6. The molecule has 0 unspecified atom stereocenters. The summed E-state index contributed by atoms with van der Waals surface area (Å²) in [7, 11) is 1.46. The van der Waals surface area contributed by atoms with Crippen LogP contribution >= 0.6 is 11.6 Å². The molecule has 1 aliphatic rings. The van der Waals surface area contributed by atoms with Gasteiger partial charge in [0.25, 0.3) is 11.8 Å². The molecule has 0 radical (unpaired) electrons. The third-order valence-corrected chi connectivity index (χ3v) is 8.58. The minimum Gasteiger partial charge on any atom is -0.494 e. The quantitative estimate of drug-likeness (QED) is 0.139. The molecule has 7 rings (SSSR count). The van der Waals surface area contributed by atoms with Gasteiger partial charge in [0.15, 0.2) is 5.82 Å². The number of halogens is 4. The van der Waals surface area contributed by atoms with Crippen molar-refractivity contribution in [2.75, 3.05) is 19.0 Å². The lowest BCUT2D eigenvalue weighted by Crippen LogP contribution is -2.42. The average molecular weight is 703 g/mol. The molecule has 3 aromatic heterocycles. The maximum Gasteiger partial charge on any atom is 0.301 e. The number of aromatic nitrogens is 4. The zero-order valence-corrected chi connectivity index (χ0v) is 26.8. The first kappa shape index (κ1) is 32.8. The molecule has 254 valence electrons. The monoisotopic (exact) mass is 702 g/mol. The summed E-state index contributed by atoms with van der Waals surface area (Å²) in [5.74, 6) is -4.98. The van der Waals surface area contributed by atoms with E-state index in [-0.39, 0.29) is 22.8 Å². The fraction of sp³-hybridized carbons (Fsp3) is 0.171. The third-order valence-electron chi connectivity index (χ3n) is 8.29. The first-order valence-corrected chi connectivity index (χ1v) is 15.6. The van der Waals surface area contributed by atoms with Crippen LogP contribution in [0.4, 0.5) is 19.2 Å². The van der Waals surface area contributed by atoms with Gasteiger partial charge >= 0.3 is 6.01 Å². The Kier molecular flexibility index (Phi) is 8.49. The topological polar surface area (TPSA) is 144 Å². The van der Waals surface area contributed by atoms with Crippen LogP contribution in [-0.4, -0.2) is 50.3 Å². The Labute approximate surface area is 286 Å². The van der Waals surface area contributed by atoms with Crippen molar-refractivity contribution in [2.24, 2.45) is 0 Å². The van der Waals surface area contributed by atoms with Crippen molar-refractivity contribution in [2.45, 2.75) is 24.5 Å². The second kappa shape index (κ2) is 12.9.